The lowest BCUT2D eigenvalue weighted by molar-refractivity contribution is 0.456. The van der Waals surface area contributed by atoms with Crippen molar-refractivity contribution in [1.29, 1.82) is 0 Å². The summed E-state index contributed by atoms with van der Waals surface area (Å²) in [5.74, 6) is 0. The van der Waals surface area contributed by atoms with Crippen LogP contribution in [0.1, 0.15) is 0 Å². The Morgan fingerprint density at radius 1 is 1.50 bits per heavy atom. The van der Waals surface area contributed by atoms with E-state index in [2.05, 4.69) is 4.99 Å². The first kappa shape index (κ1) is 9.08. The summed E-state index contributed by atoms with van der Waals surface area (Å²) >= 11 is 0. The highest BCUT2D eigenvalue weighted by Gasteiger charge is 1.79. The Morgan fingerprint density at radius 2 is 2.20 bits per heavy atom. The largest absolute Gasteiger partial charge is 0.306 e. The zero-order chi connectivity index (χ0) is 7.82. The number of aliphatic imine (C=N–C) groups is 1. The van der Waals surface area contributed by atoms with Crippen LogP contribution in [0.3, 0.4) is 0 Å². The number of hydrogen-bond donors (Lipinski definition) is 0. The lowest BCUT2D eigenvalue weighted by Crippen LogP contribution is -2.10. The summed E-state index contributed by atoms with van der Waals surface area (Å²) in [6, 6.07) is 0. The van der Waals surface area contributed by atoms with Crippen LogP contribution < -0.4 is 0 Å². The van der Waals surface area contributed by atoms with E-state index in [-0.39, 0.29) is 0 Å². The van der Waals surface area contributed by atoms with Gasteiger partial charge in [0.25, 0.3) is 0 Å². The Bertz CT molecular complexity index is 146. The van der Waals surface area contributed by atoms with Crippen LogP contribution in [0.5, 0.6) is 0 Å². The Hall–Kier alpha value is -0.920. The fourth-order valence-corrected chi connectivity index (χ4v) is 0.450. The second-order valence-electron chi connectivity index (χ2n) is 2.17. The van der Waals surface area contributed by atoms with Crippen LogP contribution in [0.25, 0.3) is 0 Å². The molecule has 0 aromatic rings. The number of rotatable bonds is 4. The third-order valence-corrected chi connectivity index (χ3v) is 0.898. The highest BCUT2D eigenvalue weighted by molar-refractivity contribution is 5.33. The van der Waals surface area contributed by atoms with E-state index in [1.807, 2.05) is 31.1 Å². The molecule has 0 amide bonds. The Kier molecular flexibility index (Phi) is 5.63. The second-order valence-corrected chi connectivity index (χ2v) is 2.17. The molecule has 3 heteroatoms. The van der Waals surface area contributed by atoms with Crippen LogP contribution in [0.15, 0.2) is 17.1 Å². The van der Waals surface area contributed by atoms with E-state index in [4.69, 9.17) is 0 Å². The van der Waals surface area contributed by atoms with Crippen LogP contribution in [-0.2, 0) is 4.79 Å². The minimum atomic E-state index is 0.442. The predicted octanol–water partition coefficient (Wildman–Crippen LogP) is 0.440. The molecule has 0 bridgehead atoms. The van der Waals surface area contributed by atoms with Gasteiger partial charge in [0.15, 0.2) is 0 Å². The zero-order valence-corrected chi connectivity index (χ0v) is 6.37. The molecule has 0 aliphatic carbocycles. The third-order valence-electron chi connectivity index (χ3n) is 0.898. The van der Waals surface area contributed by atoms with Crippen LogP contribution in [0.2, 0.25) is 0 Å². The molecule has 56 valence electrons. The minimum absolute atomic E-state index is 0.442. The first-order valence-corrected chi connectivity index (χ1v) is 3.10. The average Bonchev–Trinajstić information content (AvgIpc) is 1.87. The molecule has 0 heterocycles. The molecule has 0 atom stereocenters. The zero-order valence-electron chi connectivity index (χ0n) is 6.37. The number of carbonyl (C=O) groups excluding carboxylic acids is 1. The van der Waals surface area contributed by atoms with Gasteiger partial charge in [0.1, 0.15) is 0 Å². The van der Waals surface area contributed by atoms with Gasteiger partial charge in [0.05, 0.1) is 6.54 Å². The summed E-state index contributed by atoms with van der Waals surface area (Å²) in [5, 5.41) is 0. The van der Waals surface area contributed by atoms with Gasteiger partial charge in [-0.25, -0.2) is 9.79 Å². The quantitative estimate of drug-likeness (QED) is 0.322. The average molecular weight is 140 g/mol. The molecule has 3 nitrogen and oxygen atoms in total. The molecule has 0 aliphatic rings. The van der Waals surface area contributed by atoms with E-state index >= 15 is 0 Å². The summed E-state index contributed by atoms with van der Waals surface area (Å²) < 4.78 is 0. The molecule has 0 saturated carbocycles. The third kappa shape index (κ3) is 7.08. The summed E-state index contributed by atoms with van der Waals surface area (Å²) in [7, 11) is 3.96. The van der Waals surface area contributed by atoms with Crippen LogP contribution in [0, 0.1) is 0 Å². The molecule has 0 aromatic heterocycles. The first-order valence-electron chi connectivity index (χ1n) is 3.10. The van der Waals surface area contributed by atoms with Gasteiger partial charge < -0.3 is 4.90 Å². The van der Waals surface area contributed by atoms with Crippen LogP contribution >= 0.6 is 0 Å². The Labute approximate surface area is 61.1 Å². The molecule has 0 N–H and O–H groups in total. The molecule has 0 aliphatic heterocycles. The maximum Gasteiger partial charge on any atom is 0.235 e. The van der Waals surface area contributed by atoms with Crippen molar-refractivity contribution in [3.8, 4) is 0 Å². The highest BCUT2D eigenvalue weighted by atomic mass is 16.1. The maximum atomic E-state index is 9.57. The van der Waals surface area contributed by atoms with Gasteiger partial charge in [-0.3, -0.25) is 0 Å². The topological polar surface area (TPSA) is 32.7 Å². The fraction of sp³-hybridized carbons (Fsp3) is 0.571. The second kappa shape index (κ2) is 6.20. The molecule has 0 spiro atoms. The maximum absolute atomic E-state index is 9.57. The standard InChI is InChI=1S/C7H12N2O/c1-9(2)6-4-3-5-8-7-10/h3-4H,5-6H2,1-2H3/b4-3-. The van der Waals surface area contributed by atoms with Crippen molar-refractivity contribution in [3.05, 3.63) is 12.2 Å². The van der Waals surface area contributed by atoms with Crippen molar-refractivity contribution in [2.75, 3.05) is 27.2 Å². The van der Waals surface area contributed by atoms with E-state index in [0.29, 0.717) is 6.54 Å². The number of likely N-dealkylation sites (N-methyl/N-ethyl adjacent to an activating group) is 1. The van der Waals surface area contributed by atoms with Crippen molar-refractivity contribution in [1.82, 2.24) is 4.90 Å². The van der Waals surface area contributed by atoms with Gasteiger partial charge in [-0.2, -0.15) is 0 Å². The van der Waals surface area contributed by atoms with Crippen molar-refractivity contribution in [2.45, 2.75) is 0 Å². The molecule has 0 fully saturated rings. The fourth-order valence-electron chi connectivity index (χ4n) is 0.450. The Balaban J connectivity index is 3.28. The Morgan fingerprint density at radius 3 is 2.70 bits per heavy atom. The van der Waals surface area contributed by atoms with Gasteiger partial charge in [-0.1, -0.05) is 12.2 Å². The van der Waals surface area contributed by atoms with Gasteiger partial charge >= 0.3 is 0 Å². The molecular formula is C7H12N2O. The van der Waals surface area contributed by atoms with Crippen LogP contribution in [0.4, 0.5) is 0 Å². The lowest BCUT2D eigenvalue weighted by Gasteiger charge is -2.02. The summed E-state index contributed by atoms with van der Waals surface area (Å²) in [5.41, 5.74) is 0. The van der Waals surface area contributed by atoms with E-state index < -0.39 is 0 Å². The first-order chi connectivity index (χ1) is 4.77. The molecule has 0 radical (unpaired) electrons. The molecule has 0 rings (SSSR count). The summed E-state index contributed by atoms with van der Waals surface area (Å²) in [6.07, 6.45) is 5.26. The SMILES string of the molecule is CN(C)C/C=C\CN=C=O. The molecule has 10 heavy (non-hydrogen) atoms. The molecular weight excluding hydrogens is 128 g/mol. The van der Waals surface area contributed by atoms with Gasteiger partial charge in [0, 0.05) is 6.54 Å². The predicted molar refractivity (Wildman–Crippen MR) is 40.7 cm³/mol. The summed E-state index contributed by atoms with van der Waals surface area (Å²) in [6.45, 7) is 1.33. The smallest absolute Gasteiger partial charge is 0.235 e. The normalized spacial score (nSPS) is 10.3. The summed E-state index contributed by atoms with van der Waals surface area (Å²) in [4.78, 5) is 15.0. The van der Waals surface area contributed by atoms with E-state index in [0.717, 1.165) is 6.54 Å². The number of nitrogens with zero attached hydrogens (tertiary/aromatic N) is 2. The molecule has 0 saturated heterocycles. The number of isocyanates is 1. The number of hydrogen-bond acceptors (Lipinski definition) is 3. The van der Waals surface area contributed by atoms with Crippen molar-refractivity contribution in [3.63, 3.8) is 0 Å². The van der Waals surface area contributed by atoms with Crippen molar-refractivity contribution in [2.24, 2.45) is 4.99 Å². The highest BCUT2D eigenvalue weighted by Crippen LogP contribution is 1.77. The van der Waals surface area contributed by atoms with Gasteiger partial charge in [0.2, 0.25) is 6.08 Å². The molecule has 0 aromatic carbocycles. The van der Waals surface area contributed by atoms with Crippen molar-refractivity contribution < 1.29 is 4.79 Å². The lowest BCUT2D eigenvalue weighted by atomic mass is 10.5. The van der Waals surface area contributed by atoms with Crippen molar-refractivity contribution >= 4 is 6.08 Å². The van der Waals surface area contributed by atoms with E-state index in [9.17, 15) is 4.79 Å². The minimum Gasteiger partial charge on any atom is -0.306 e. The monoisotopic (exact) mass is 140 g/mol. The molecule has 0 unspecified atom stereocenters. The van der Waals surface area contributed by atoms with Gasteiger partial charge in [-0.05, 0) is 14.1 Å². The van der Waals surface area contributed by atoms with Gasteiger partial charge in [-0.15, -0.1) is 0 Å². The van der Waals surface area contributed by atoms with E-state index in [1.165, 1.54) is 6.08 Å². The van der Waals surface area contributed by atoms with Crippen LogP contribution in [-0.4, -0.2) is 38.2 Å². The van der Waals surface area contributed by atoms with E-state index in [1.54, 1.807) is 0 Å².